The molecule has 3 rings (SSSR count). The summed E-state index contributed by atoms with van der Waals surface area (Å²) in [6.07, 6.45) is -0.632. The molecular formula is C16H13ClN2O2. The molecule has 0 saturated heterocycles. The lowest BCUT2D eigenvalue weighted by atomic mass is 10.2. The normalized spacial score (nSPS) is 17.6. The Bertz CT molecular complexity index is 671. The molecule has 0 amide bonds. The van der Waals surface area contributed by atoms with E-state index < -0.39 is 12.2 Å². The number of anilines is 2. The highest BCUT2D eigenvalue weighted by Crippen LogP contribution is 2.28. The highest BCUT2D eigenvalue weighted by atomic mass is 35.5. The van der Waals surface area contributed by atoms with E-state index in [-0.39, 0.29) is 5.03 Å². The summed E-state index contributed by atoms with van der Waals surface area (Å²) >= 11 is 6.04. The monoisotopic (exact) mass is 300 g/mol. The van der Waals surface area contributed by atoms with E-state index in [0.29, 0.717) is 5.70 Å². The lowest BCUT2D eigenvalue weighted by Crippen LogP contribution is -2.25. The Balaban J connectivity index is 1.82. The molecule has 1 atom stereocenters. The van der Waals surface area contributed by atoms with E-state index in [1.165, 1.54) is 0 Å². The summed E-state index contributed by atoms with van der Waals surface area (Å²) in [6.45, 7) is 0. The highest BCUT2D eigenvalue weighted by Gasteiger charge is 2.33. The molecule has 0 fully saturated rings. The zero-order chi connectivity index (χ0) is 14.7. The summed E-state index contributed by atoms with van der Waals surface area (Å²) in [5.41, 5.74) is 2.19. The SMILES string of the molecule is O=C1O[C@@H](Nc2ccccc2)C(Nc2ccccc2)=C1Cl. The molecular weight excluding hydrogens is 288 g/mol. The van der Waals surface area contributed by atoms with Crippen LogP contribution in [0.3, 0.4) is 0 Å². The van der Waals surface area contributed by atoms with Gasteiger partial charge in [0.15, 0.2) is 5.03 Å². The lowest BCUT2D eigenvalue weighted by Gasteiger charge is -2.18. The minimum atomic E-state index is -0.632. The molecule has 2 aromatic rings. The van der Waals surface area contributed by atoms with Gasteiger partial charge in [-0.3, -0.25) is 0 Å². The lowest BCUT2D eigenvalue weighted by molar-refractivity contribution is -0.138. The predicted molar refractivity (Wildman–Crippen MR) is 82.9 cm³/mol. The van der Waals surface area contributed by atoms with E-state index in [4.69, 9.17) is 16.3 Å². The molecule has 2 N–H and O–H groups in total. The van der Waals surface area contributed by atoms with Crippen LogP contribution >= 0.6 is 11.6 Å². The van der Waals surface area contributed by atoms with Crippen molar-refractivity contribution < 1.29 is 9.53 Å². The summed E-state index contributed by atoms with van der Waals surface area (Å²) in [6, 6.07) is 19.0. The van der Waals surface area contributed by atoms with Crippen molar-refractivity contribution in [3.63, 3.8) is 0 Å². The second-order valence-corrected chi connectivity index (χ2v) is 4.89. The topological polar surface area (TPSA) is 50.4 Å². The number of halogens is 1. The number of carbonyl (C=O) groups excluding carboxylic acids is 1. The van der Waals surface area contributed by atoms with Gasteiger partial charge in [-0.2, -0.15) is 0 Å². The summed E-state index contributed by atoms with van der Waals surface area (Å²) in [5, 5.41) is 6.32. The minimum Gasteiger partial charge on any atom is -0.431 e. The number of carbonyl (C=O) groups is 1. The fraction of sp³-hybridized carbons (Fsp3) is 0.0625. The van der Waals surface area contributed by atoms with Crippen molar-refractivity contribution in [1.29, 1.82) is 0 Å². The largest absolute Gasteiger partial charge is 0.431 e. The molecule has 1 aliphatic rings. The average Bonchev–Trinajstić information content (AvgIpc) is 2.77. The van der Waals surface area contributed by atoms with Gasteiger partial charge in [0.05, 0.1) is 0 Å². The first-order valence-electron chi connectivity index (χ1n) is 6.48. The van der Waals surface area contributed by atoms with Crippen molar-refractivity contribution in [2.75, 3.05) is 10.6 Å². The van der Waals surface area contributed by atoms with Crippen LogP contribution in [-0.2, 0) is 9.53 Å². The number of benzene rings is 2. The summed E-state index contributed by atoms with van der Waals surface area (Å²) in [5.74, 6) is -0.538. The second kappa shape index (κ2) is 5.89. The van der Waals surface area contributed by atoms with Crippen molar-refractivity contribution in [1.82, 2.24) is 0 Å². The minimum absolute atomic E-state index is 0.0623. The molecule has 2 aromatic carbocycles. The number of nitrogens with one attached hydrogen (secondary N) is 2. The maximum atomic E-state index is 11.7. The number of esters is 1. The molecule has 0 radical (unpaired) electrons. The highest BCUT2D eigenvalue weighted by molar-refractivity contribution is 6.42. The molecule has 106 valence electrons. The molecule has 21 heavy (non-hydrogen) atoms. The molecule has 4 nitrogen and oxygen atoms in total. The molecule has 0 aromatic heterocycles. The van der Waals surface area contributed by atoms with Crippen LogP contribution in [0, 0.1) is 0 Å². The Morgan fingerprint density at radius 2 is 1.48 bits per heavy atom. The Kier molecular flexibility index (Phi) is 3.79. The Morgan fingerprint density at radius 3 is 2.10 bits per heavy atom. The van der Waals surface area contributed by atoms with Gasteiger partial charge in [-0.1, -0.05) is 48.0 Å². The first-order chi connectivity index (χ1) is 10.2. The van der Waals surface area contributed by atoms with Gasteiger partial charge >= 0.3 is 5.97 Å². The van der Waals surface area contributed by atoms with Gasteiger partial charge in [0.2, 0.25) is 6.23 Å². The van der Waals surface area contributed by atoms with Crippen LogP contribution in [0.2, 0.25) is 0 Å². The second-order valence-electron chi connectivity index (χ2n) is 4.51. The summed E-state index contributed by atoms with van der Waals surface area (Å²) in [7, 11) is 0. The van der Waals surface area contributed by atoms with E-state index in [9.17, 15) is 4.79 Å². The quantitative estimate of drug-likeness (QED) is 0.848. The Hall–Kier alpha value is -2.46. The predicted octanol–water partition coefficient (Wildman–Crippen LogP) is 3.54. The van der Waals surface area contributed by atoms with Gasteiger partial charge < -0.3 is 15.4 Å². The fourth-order valence-corrected chi connectivity index (χ4v) is 2.22. The van der Waals surface area contributed by atoms with Crippen LogP contribution < -0.4 is 10.6 Å². The number of rotatable bonds is 4. The summed E-state index contributed by atoms with van der Waals surface area (Å²) < 4.78 is 5.24. The fourth-order valence-electron chi connectivity index (χ4n) is 2.03. The van der Waals surface area contributed by atoms with E-state index >= 15 is 0 Å². The van der Waals surface area contributed by atoms with E-state index in [1.807, 2.05) is 60.7 Å². The average molecular weight is 301 g/mol. The Morgan fingerprint density at radius 1 is 0.905 bits per heavy atom. The van der Waals surface area contributed by atoms with Crippen LogP contribution in [0.25, 0.3) is 0 Å². The first-order valence-corrected chi connectivity index (χ1v) is 6.86. The van der Waals surface area contributed by atoms with E-state index in [0.717, 1.165) is 11.4 Å². The van der Waals surface area contributed by atoms with E-state index in [1.54, 1.807) is 0 Å². The van der Waals surface area contributed by atoms with Crippen LogP contribution in [0.15, 0.2) is 71.4 Å². The molecule has 0 aliphatic carbocycles. The van der Waals surface area contributed by atoms with E-state index in [2.05, 4.69) is 10.6 Å². The van der Waals surface area contributed by atoms with Crippen LogP contribution in [0.5, 0.6) is 0 Å². The Labute approximate surface area is 127 Å². The molecule has 1 heterocycles. The maximum absolute atomic E-state index is 11.7. The number of hydrogen-bond donors (Lipinski definition) is 2. The van der Waals surface area contributed by atoms with Crippen molar-refractivity contribution in [3.05, 3.63) is 71.4 Å². The van der Waals surface area contributed by atoms with Crippen molar-refractivity contribution in [2.24, 2.45) is 0 Å². The molecule has 0 bridgehead atoms. The molecule has 0 unspecified atom stereocenters. The molecule has 0 saturated carbocycles. The third kappa shape index (κ3) is 3.01. The number of ether oxygens (including phenoxy) is 1. The molecule has 5 heteroatoms. The maximum Gasteiger partial charge on any atom is 0.354 e. The van der Waals surface area contributed by atoms with Crippen molar-refractivity contribution in [3.8, 4) is 0 Å². The van der Waals surface area contributed by atoms with Gasteiger partial charge in [0.25, 0.3) is 0 Å². The smallest absolute Gasteiger partial charge is 0.354 e. The van der Waals surface area contributed by atoms with Gasteiger partial charge in [-0.05, 0) is 24.3 Å². The standard InChI is InChI=1S/C16H13ClN2O2/c17-13-14(18-11-7-3-1-4-8-11)15(21-16(13)20)19-12-9-5-2-6-10-12/h1-10,15,18-19H/t15-/m1/s1. The first kappa shape index (κ1) is 13.5. The molecule has 0 spiro atoms. The van der Waals surface area contributed by atoms with Crippen LogP contribution in [0.4, 0.5) is 11.4 Å². The zero-order valence-corrected chi connectivity index (χ0v) is 11.8. The van der Waals surface area contributed by atoms with Gasteiger partial charge in [0, 0.05) is 11.4 Å². The number of para-hydroxylation sites is 2. The summed E-state index contributed by atoms with van der Waals surface area (Å²) in [4.78, 5) is 11.7. The van der Waals surface area contributed by atoms with Gasteiger partial charge in [-0.15, -0.1) is 0 Å². The third-order valence-electron chi connectivity index (χ3n) is 3.03. The van der Waals surface area contributed by atoms with Crippen molar-refractivity contribution >= 4 is 28.9 Å². The molecule has 1 aliphatic heterocycles. The van der Waals surface area contributed by atoms with Crippen molar-refractivity contribution in [2.45, 2.75) is 6.23 Å². The third-order valence-corrected chi connectivity index (χ3v) is 3.39. The number of cyclic esters (lactones) is 1. The number of hydrogen-bond acceptors (Lipinski definition) is 4. The van der Waals surface area contributed by atoms with Crippen LogP contribution in [-0.4, -0.2) is 12.2 Å². The van der Waals surface area contributed by atoms with Crippen LogP contribution in [0.1, 0.15) is 0 Å². The van der Waals surface area contributed by atoms with Gasteiger partial charge in [0.1, 0.15) is 5.70 Å². The van der Waals surface area contributed by atoms with Gasteiger partial charge in [-0.25, -0.2) is 4.79 Å². The zero-order valence-electron chi connectivity index (χ0n) is 11.0.